The maximum atomic E-state index is 12.3. The van der Waals surface area contributed by atoms with Crippen molar-refractivity contribution in [3.63, 3.8) is 0 Å². The molecule has 6 heteroatoms. The Kier molecular flexibility index (Phi) is 6.73. The van der Waals surface area contributed by atoms with Crippen molar-refractivity contribution < 1.29 is 13.2 Å². The predicted octanol–water partition coefficient (Wildman–Crippen LogP) is 2.49. The highest BCUT2D eigenvalue weighted by Crippen LogP contribution is 2.08. The van der Waals surface area contributed by atoms with Gasteiger partial charge in [0.2, 0.25) is 15.9 Å². The quantitative estimate of drug-likeness (QED) is 0.759. The van der Waals surface area contributed by atoms with Crippen molar-refractivity contribution in [2.45, 2.75) is 43.7 Å². The molecule has 0 fully saturated rings. The number of hydrogen-bond donors (Lipinski definition) is 2. The molecule has 2 aromatic carbocycles. The number of aryl methyl sites for hydroxylation is 1. The molecule has 2 aromatic rings. The molecule has 0 aliphatic carbocycles. The van der Waals surface area contributed by atoms with E-state index in [1.54, 1.807) is 25.1 Å². The summed E-state index contributed by atoms with van der Waals surface area (Å²) < 4.78 is 26.9. The smallest absolute Gasteiger partial charge is 0.241 e. The molecular weight excluding hydrogens is 336 g/mol. The summed E-state index contributed by atoms with van der Waals surface area (Å²) in [7, 11) is -3.71. The molecule has 0 aliphatic heterocycles. The van der Waals surface area contributed by atoms with Gasteiger partial charge in [-0.25, -0.2) is 8.42 Å². The minimum Gasteiger partial charge on any atom is -0.352 e. The van der Waals surface area contributed by atoms with Gasteiger partial charge in [-0.15, -0.1) is 0 Å². The van der Waals surface area contributed by atoms with Crippen LogP contribution in [0.25, 0.3) is 0 Å². The van der Waals surface area contributed by atoms with Crippen LogP contribution in [-0.2, 0) is 21.2 Å². The van der Waals surface area contributed by atoms with Gasteiger partial charge in [0, 0.05) is 6.04 Å². The van der Waals surface area contributed by atoms with Gasteiger partial charge < -0.3 is 5.32 Å². The average molecular weight is 360 g/mol. The molecular formula is C19H24N2O3S. The standard InChI is InChI=1S/C19H24N2O3S/c1-15(13-14-17-9-5-3-6-10-17)20-19(22)16(2)21-25(23,24)18-11-7-4-8-12-18/h3-12,15-16,21H,13-14H2,1-2H3,(H,20,22). The van der Waals surface area contributed by atoms with Crippen molar-refractivity contribution in [1.29, 1.82) is 0 Å². The molecule has 134 valence electrons. The summed E-state index contributed by atoms with van der Waals surface area (Å²) in [5.41, 5.74) is 1.21. The highest BCUT2D eigenvalue weighted by molar-refractivity contribution is 7.89. The third-order valence-corrected chi connectivity index (χ3v) is 5.43. The number of carbonyl (C=O) groups is 1. The van der Waals surface area contributed by atoms with Crippen LogP contribution in [0.15, 0.2) is 65.6 Å². The van der Waals surface area contributed by atoms with Crippen LogP contribution in [-0.4, -0.2) is 26.4 Å². The number of sulfonamides is 1. The van der Waals surface area contributed by atoms with Crippen molar-refractivity contribution >= 4 is 15.9 Å². The van der Waals surface area contributed by atoms with E-state index in [1.165, 1.54) is 17.7 Å². The first-order chi connectivity index (χ1) is 11.9. The summed E-state index contributed by atoms with van der Waals surface area (Å²) in [6.45, 7) is 3.46. The van der Waals surface area contributed by atoms with Crippen LogP contribution in [0.5, 0.6) is 0 Å². The second-order valence-corrected chi connectivity index (χ2v) is 7.80. The van der Waals surface area contributed by atoms with Crippen molar-refractivity contribution in [3.8, 4) is 0 Å². The predicted molar refractivity (Wildman–Crippen MR) is 98.6 cm³/mol. The Morgan fingerprint density at radius 2 is 1.52 bits per heavy atom. The monoisotopic (exact) mass is 360 g/mol. The lowest BCUT2D eigenvalue weighted by molar-refractivity contribution is -0.123. The molecule has 2 rings (SSSR count). The fourth-order valence-electron chi connectivity index (χ4n) is 2.42. The zero-order valence-electron chi connectivity index (χ0n) is 14.5. The van der Waals surface area contributed by atoms with Gasteiger partial charge in [-0.2, -0.15) is 4.72 Å². The van der Waals surface area contributed by atoms with Crippen molar-refractivity contribution in [2.75, 3.05) is 0 Å². The summed E-state index contributed by atoms with van der Waals surface area (Å²) in [4.78, 5) is 12.4. The van der Waals surface area contributed by atoms with Gasteiger partial charge in [-0.1, -0.05) is 48.5 Å². The molecule has 5 nitrogen and oxygen atoms in total. The number of benzene rings is 2. The Hall–Kier alpha value is -2.18. The van der Waals surface area contributed by atoms with Crippen LogP contribution in [0.4, 0.5) is 0 Å². The summed E-state index contributed by atoms with van der Waals surface area (Å²) in [6, 6.07) is 17.2. The molecule has 0 spiro atoms. The minimum atomic E-state index is -3.71. The first kappa shape index (κ1) is 19.1. The molecule has 0 aromatic heterocycles. The van der Waals surface area contributed by atoms with Gasteiger partial charge in [0.25, 0.3) is 0 Å². The molecule has 0 aliphatic rings. The van der Waals surface area contributed by atoms with Crippen molar-refractivity contribution in [3.05, 3.63) is 66.2 Å². The van der Waals surface area contributed by atoms with Crippen LogP contribution in [0.1, 0.15) is 25.8 Å². The summed E-state index contributed by atoms with van der Waals surface area (Å²) >= 11 is 0. The van der Waals surface area contributed by atoms with Gasteiger partial charge in [0.15, 0.2) is 0 Å². The number of rotatable bonds is 8. The first-order valence-electron chi connectivity index (χ1n) is 8.30. The summed E-state index contributed by atoms with van der Waals surface area (Å²) in [5, 5.41) is 2.86. The fourth-order valence-corrected chi connectivity index (χ4v) is 3.65. The Morgan fingerprint density at radius 3 is 2.12 bits per heavy atom. The summed E-state index contributed by atoms with van der Waals surface area (Å²) in [6.07, 6.45) is 1.64. The lowest BCUT2D eigenvalue weighted by atomic mass is 10.1. The fraction of sp³-hybridized carbons (Fsp3) is 0.316. The van der Waals surface area contributed by atoms with Crippen LogP contribution >= 0.6 is 0 Å². The Balaban J connectivity index is 1.85. The highest BCUT2D eigenvalue weighted by atomic mass is 32.2. The Bertz CT molecular complexity index is 777. The molecule has 1 amide bonds. The lowest BCUT2D eigenvalue weighted by Gasteiger charge is -2.18. The third kappa shape index (κ3) is 5.99. The Labute approximate surface area is 149 Å². The molecule has 0 saturated heterocycles. The number of hydrogen-bond acceptors (Lipinski definition) is 3. The first-order valence-corrected chi connectivity index (χ1v) is 9.78. The van der Waals surface area contributed by atoms with Gasteiger partial charge in [-0.05, 0) is 44.4 Å². The van der Waals surface area contributed by atoms with Crippen LogP contribution in [0.3, 0.4) is 0 Å². The second-order valence-electron chi connectivity index (χ2n) is 6.09. The largest absolute Gasteiger partial charge is 0.352 e. The van der Waals surface area contributed by atoms with E-state index in [1.807, 2.05) is 37.3 Å². The minimum absolute atomic E-state index is 0.0450. The van der Waals surface area contributed by atoms with E-state index < -0.39 is 16.1 Å². The number of amides is 1. The maximum Gasteiger partial charge on any atom is 0.241 e. The summed E-state index contributed by atoms with van der Waals surface area (Å²) in [5.74, 6) is -0.333. The zero-order chi connectivity index (χ0) is 18.3. The van der Waals surface area contributed by atoms with E-state index in [0.717, 1.165) is 12.8 Å². The van der Waals surface area contributed by atoms with Gasteiger partial charge in [-0.3, -0.25) is 4.79 Å². The van der Waals surface area contributed by atoms with E-state index in [9.17, 15) is 13.2 Å². The average Bonchev–Trinajstić information content (AvgIpc) is 2.61. The molecule has 0 heterocycles. The van der Waals surface area contributed by atoms with E-state index in [-0.39, 0.29) is 16.8 Å². The van der Waals surface area contributed by atoms with Crippen molar-refractivity contribution in [1.82, 2.24) is 10.0 Å². The SMILES string of the molecule is CC(CCc1ccccc1)NC(=O)C(C)NS(=O)(=O)c1ccccc1. The molecule has 2 atom stereocenters. The van der Waals surface area contributed by atoms with Gasteiger partial charge in [0.05, 0.1) is 10.9 Å². The van der Waals surface area contributed by atoms with Gasteiger partial charge in [0.1, 0.15) is 0 Å². The van der Waals surface area contributed by atoms with Crippen LogP contribution in [0.2, 0.25) is 0 Å². The molecule has 0 radical (unpaired) electrons. The highest BCUT2D eigenvalue weighted by Gasteiger charge is 2.22. The van der Waals surface area contributed by atoms with Gasteiger partial charge >= 0.3 is 0 Å². The zero-order valence-corrected chi connectivity index (χ0v) is 15.3. The third-order valence-electron chi connectivity index (χ3n) is 3.88. The van der Waals surface area contributed by atoms with Crippen molar-refractivity contribution in [2.24, 2.45) is 0 Å². The topological polar surface area (TPSA) is 75.3 Å². The van der Waals surface area contributed by atoms with E-state index in [0.29, 0.717) is 0 Å². The second kappa shape index (κ2) is 8.78. The normalized spacial score (nSPS) is 13.8. The van der Waals surface area contributed by atoms with E-state index >= 15 is 0 Å². The molecule has 2 N–H and O–H groups in total. The lowest BCUT2D eigenvalue weighted by Crippen LogP contribution is -2.47. The molecule has 0 saturated carbocycles. The van der Waals surface area contributed by atoms with Crippen LogP contribution < -0.4 is 10.0 Å². The molecule has 2 unspecified atom stereocenters. The number of carbonyl (C=O) groups excluding carboxylic acids is 1. The molecule has 25 heavy (non-hydrogen) atoms. The Morgan fingerprint density at radius 1 is 0.960 bits per heavy atom. The van der Waals surface area contributed by atoms with E-state index in [4.69, 9.17) is 0 Å². The molecule has 0 bridgehead atoms. The van der Waals surface area contributed by atoms with E-state index in [2.05, 4.69) is 10.0 Å². The maximum absolute atomic E-state index is 12.3. The number of nitrogens with one attached hydrogen (secondary N) is 2. The van der Waals surface area contributed by atoms with Crippen LogP contribution in [0, 0.1) is 0 Å².